The van der Waals surface area contributed by atoms with Gasteiger partial charge in [0, 0.05) is 30.2 Å². The van der Waals surface area contributed by atoms with E-state index in [4.69, 9.17) is 16.6 Å². The number of thioether (sulfide) groups is 1. The molecule has 6 rings (SSSR count). The number of para-hydroxylation sites is 1. The van der Waals surface area contributed by atoms with E-state index in [1.807, 2.05) is 36.4 Å². The lowest BCUT2D eigenvalue weighted by Gasteiger charge is -2.26. The first-order chi connectivity index (χ1) is 20.7. The molecule has 0 bridgehead atoms. The number of rotatable bonds is 7. The van der Waals surface area contributed by atoms with Gasteiger partial charge < -0.3 is 5.32 Å². The molecule has 5 aromatic rings. The van der Waals surface area contributed by atoms with Crippen molar-refractivity contribution in [2.75, 3.05) is 17.6 Å². The second-order valence-corrected chi connectivity index (χ2v) is 12.5. The van der Waals surface area contributed by atoms with Crippen LogP contribution in [0.4, 0.5) is 18.9 Å². The fourth-order valence-electron chi connectivity index (χ4n) is 5.10. The molecule has 43 heavy (non-hydrogen) atoms. The largest absolute Gasteiger partial charge is 0.417 e. The van der Waals surface area contributed by atoms with Crippen LogP contribution >= 0.6 is 34.7 Å². The lowest BCUT2D eigenvalue weighted by atomic mass is 10.0. The third-order valence-corrected chi connectivity index (χ3v) is 9.45. The SMILES string of the molecule is O=C(CSc1nc2sc3c(c2c(=O)n1-c1ccccc1)CCN(Cc1ccccc1)C3)Nc1ccc(Cl)c(C(F)(F)F)c1. The summed E-state index contributed by atoms with van der Waals surface area (Å²) in [6.45, 7) is 2.34. The molecule has 1 aliphatic heterocycles. The van der Waals surface area contributed by atoms with Crippen molar-refractivity contribution in [3.8, 4) is 5.69 Å². The molecule has 6 nitrogen and oxygen atoms in total. The first-order valence-corrected chi connectivity index (χ1v) is 15.5. The van der Waals surface area contributed by atoms with Crippen LogP contribution in [0, 0.1) is 0 Å². The molecule has 1 aliphatic rings. The maximum Gasteiger partial charge on any atom is 0.417 e. The molecule has 0 atom stereocenters. The molecule has 3 heterocycles. The Morgan fingerprint density at radius 3 is 2.49 bits per heavy atom. The summed E-state index contributed by atoms with van der Waals surface area (Å²) in [6, 6.07) is 22.5. The van der Waals surface area contributed by atoms with Gasteiger partial charge in [-0.2, -0.15) is 13.2 Å². The van der Waals surface area contributed by atoms with E-state index in [0.717, 1.165) is 53.8 Å². The number of amides is 1. The van der Waals surface area contributed by atoms with Gasteiger partial charge in [-0.05, 0) is 47.9 Å². The van der Waals surface area contributed by atoms with E-state index in [1.54, 1.807) is 12.1 Å². The highest BCUT2D eigenvalue weighted by molar-refractivity contribution is 7.99. The molecule has 3 aromatic carbocycles. The van der Waals surface area contributed by atoms with Gasteiger partial charge in [0.05, 0.1) is 27.4 Å². The summed E-state index contributed by atoms with van der Waals surface area (Å²) in [6.07, 6.45) is -3.93. The molecule has 12 heteroatoms. The smallest absolute Gasteiger partial charge is 0.325 e. The highest BCUT2D eigenvalue weighted by Gasteiger charge is 2.33. The number of alkyl halides is 3. The van der Waals surface area contributed by atoms with Crippen LogP contribution < -0.4 is 10.9 Å². The average Bonchev–Trinajstić information content (AvgIpc) is 3.35. The van der Waals surface area contributed by atoms with Crippen molar-refractivity contribution in [2.45, 2.75) is 30.8 Å². The number of nitrogens with zero attached hydrogens (tertiary/aromatic N) is 3. The summed E-state index contributed by atoms with van der Waals surface area (Å²) < 4.78 is 41.3. The van der Waals surface area contributed by atoms with Crippen molar-refractivity contribution in [3.63, 3.8) is 0 Å². The Balaban J connectivity index is 1.29. The molecule has 0 unspecified atom stereocenters. The number of benzene rings is 3. The number of hydrogen-bond donors (Lipinski definition) is 1. The topological polar surface area (TPSA) is 67.2 Å². The van der Waals surface area contributed by atoms with Gasteiger partial charge in [0.1, 0.15) is 4.83 Å². The Morgan fingerprint density at radius 2 is 1.77 bits per heavy atom. The maximum atomic E-state index is 14.0. The third-order valence-electron chi connectivity index (χ3n) is 7.07. The second-order valence-electron chi connectivity index (χ2n) is 10.0. The van der Waals surface area contributed by atoms with Crippen LogP contribution in [0.3, 0.4) is 0 Å². The number of nitrogens with one attached hydrogen (secondary N) is 1. The molecule has 0 saturated heterocycles. The quantitative estimate of drug-likeness (QED) is 0.148. The van der Waals surface area contributed by atoms with Gasteiger partial charge in [0.25, 0.3) is 5.56 Å². The number of carbonyl (C=O) groups is 1. The minimum Gasteiger partial charge on any atom is -0.325 e. The number of carbonyl (C=O) groups excluding carboxylic acids is 1. The van der Waals surface area contributed by atoms with Gasteiger partial charge in [-0.3, -0.25) is 19.1 Å². The Morgan fingerprint density at radius 1 is 1.05 bits per heavy atom. The fourth-order valence-corrected chi connectivity index (χ4v) is 7.44. The number of thiophene rings is 1. The van der Waals surface area contributed by atoms with Gasteiger partial charge >= 0.3 is 6.18 Å². The highest BCUT2D eigenvalue weighted by Crippen LogP contribution is 2.37. The average molecular weight is 641 g/mol. The summed E-state index contributed by atoms with van der Waals surface area (Å²) in [5, 5.41) is 2.96. The van der Waals surface area contributed by atoms with E-state index in [9.17, 15) is 22.8 Å². The Bertz CT molecular complexity index is 1860. The van der Waals surface area contributed by atoms with Crippen molar-refractivity contribution in [1.29, 1.82) is 0 Å². The lowest BCUT2D eigenvalue weighted by Crippen LogP contribution is -2.30. The Kier molecular flexibility index (Phi) is 8.32. The van der Waals surface area contributed by atoms with Crippen LogP contribution in [0.15, 0.2) is 88.8 Å². The predicted molar refractivity (Wildman–Crippen MR) is 165 cm³/mol. The van der Waals surface area contributed by atoms with Gasteiger partial charge in [-0.1, -0.05) is 71.9 Å². The van der Waals surface area contributed by atoms with E-state index in [2.05, 4.69) is 22.3 Å². The standard InChI is InChI=1S/C31H24ClF3N4O2S2/c32-24-12-11-20(15-23(24)31(33,34)35)36-26(40)18-42-30-37-28-27(29(41)39(30)21-9-5-2-6-10-21)22-13-14-38(17-25(22)43-28)16-19-7-3-1-4-8-19/h1-12,15H,13-14,16-18H2,(H,36,40). The van der Waals surface area contributed by atoms with Crippen molar-refractivity contribution in [1.82, 2.24) is 14.5 Å². The van der Waals surface area contributed by atoms with E-state index in [0.29, 0.717) is 27.6 Å². The van der Waals surface area contributed by atoms with Crippen molar-refractivity contribution >= 4 is 56.5 Å². The molecule has 0 fully saturated rings. The molecule has 220 valence electrons. The van der Waals surface area contributed by atoms with E-state index >= 15 is 0 Å². The van der Waals surface area contributed by atoms with Gasteiger partial charge in [-0.25, -0.2) is 4.98 Å². The first kappa shape index (κ1) is 29.4. The van der Waals surface area contributed by atoms with E-state index in [1.165, 1.54) is 27.5 Å². The van der Waals surface area contributed by atoms with E-state index < -0.39 is 22.7 Å². The zero-order chi connectivity index (χ0) is 30.1. The van der Waals surface area contributed by atoms with Gasteiger partial charge in [-0.15, -0.1) is 11.3 Å². The number of fused-ring (bicyclic) bond motifs is 3. The van der Waals surface area contributed by atoms with E-state index in [-0.39, 0.29) is 17.0 Å². The Hall–Kier alpha value is -3.64. The maximum absolute atomic E-state index is 14.0. The summed E-state index contributed by atoms with van der Waals surface area (Å²) in [4.78, 5) is 35.8. The summed E-state index contributed by atoms with van der Waals surface area (Å²) in [5.74, 6) is -0.721. The van der Waals surface area contributed by atoms with Crippen LogP contribution in [0.1, 0.15) is 21.6 Å². The van der Waals surface area contributed by atoms with Crippen molar-refractivity contribution in [3.05, 3.63) is 116 Å². The number of aromatic nitrogens is 2. The van der Waals surface area contributed by atoms with Crippen molar-refractivity contribution < 1.29 is 18.0 Å². The van der Waals surface area contributed by atoms with Crippen LogP contribution in [-0.2, 0) is 30.5 Å². The molecular weight excluding hydrogens is 617 g/mol. The van der Waals surface area contributed by atoms with Gasteiger partial charge in [0.15, 0.2) is 5.16 Å². The number of halogens is 4. The highest BCUT2D eigenvalue weighted by atomic mass is 35.5. The van der Waals surface area contributed by atoms with Crippen LogP contribution in [0.2, 0.25) is 5.02 Å². The minimum absolute atomic E-state index is 0.0304. The number of anilines is 1. The molecule has 0 aliphatic carbocycles. The first-order valence-electron chi connectivity index (χ1n) is 13.4. The molecule has 2 aromatic heterocycles. The summed E-state index contributed by atoms with van der Waals surface area (Å²) in [5.41, 5.74) is 1.58. The molecule has 0 radical (unpaired) electrons. The zero-order valence-electron chi connectivity index (χ0n) is 22.5. The third kappa shape index (κ3) is 6.35. The monoisotopic (exact) mass is 640 g/mol. The van der Waals surface area contributed by atoms with Crippen molar-refractivity contribution in [2.24, 2.45) is 0 Å². The Labute approximate surface area is 258 Å². The molecule has 0 spiro atoms. The molecular formula is C31H24ClF3N4O2S2. The predicted octanol–water partition coefficient (Wildman–Crippen LogP) is 7.41. The van der Waals surface area contributed by atoms with Crippen LogP contribution in [-0.4, -0.2) is 32.7 Å². The fraction of sp³-hybridized carbons (Fsp3) is 0.194. The normalized spacial score (nSPS) is 13.7. The second kappa shape index (κ2) is 12.2. The molecule has 1 amide bonds. The summed E-state index contributed by atoms with van der Waals surface area (Å²) in [7, 11) is 0. The van der Waals surface area contributed by atoms with Gasteiger partial charge in [0.2, 0.25) is 5.91 Å². The molecule has 1 N–H and O–H groups in total. The molecule has 0 saturated carbocycles. The minimum atomic E-state index is -4.66. The van der Waals surface area contributed by atoms with Crippen LogP contribution in [0.5, 0.6) is 0 Å². The lowest BCUT2D eigenvalue weighted by molar-refractivity contribution is -0.137. The van der Waals surface area contributed by atoms with Crippen LogP contribution in [0.25, 0.3) is 15.9 Å². The number of hydrogen-bond acceptors (Lipinski definition) is 6. The zero-order valence-corrected chi connectivity index (χ0v) is 24.9. The summed E-state index contributed by atoms with van der Waals surface area (Å²) >= 11 is 8.24.